The van der Waals surface area contributed by atoms with E-state index in [9.17, 15) is 5.11 Å². The van der Waals surface area contributed by atoms with E-state index in [0.717, 1.165) is 30.9 Å². The van der Waals surface area contributed by atoms with Crippen LogP contribution >= 0.6 is 0 Å². The standard InChI is InChI=1S/C18H24O2/c19-17(15-6-4-14(5-7-15)13-2-3-13)16-8-11-20-18(12-16)9-1-10-18/h4-7,13,16-17,19H,1-3,8-12H2. The zero-order valence-electron chi connectivity index (χ0n) is 12.1. The molecule has 1 heterocycles. The largest absolute Gasteiger partial charge is 0.388 e. The van der Waals surface area contributed by atoms with Crippen molar-refractivity contribution in [3.8, 4) is 0 Å². The number of ether oxygens (including phenoxy) is 1. The van der Waals surface area contributed by atoms with Gasteiger partial charge in [-0.3, -0.25) is 0 Å². The van der Waals surface area contributed by atoms with Crippen LogP contribution in [0, 0.1) is 5.92 Å². The van der Waals surface area contributed by atoms with E-state index in [2.05, 4.69) is 24.3 Å². The van der Waals surface area contributed by atoms with Gasteiger partial charge in [0.05, 0.1) is 11.7 Å². The van der Waals surface area contributed by atoms with Crippen LogP contribution in [0.15, 0.2) is 24.3 Å². The minimum Gasteiger partial charge on any atom is -0.388 e. The number of benzene rings is 1. The third kappa shape index (κ3) is 2.29. The zero-order valence-corrected chi connectivity index (χ0v) is 12.1. The summed E-state index contributed by atoms with van der Waals surface area (Å²) in [5, 5.41) is 10.7. The van der Waals surface area contributed by atoms with Gasteiger partial charge in [0.1, 0.15) is 0 Å². The minimum atomic E-state index is -0.315. The van der Waals surface area contributed by atoms with Crippen LogP contribution in [0.2, 0.25) is 0 Å². The molecule has 0 amide bonds. The van der Waals surface area contributed by atoms with Crippen molar-refractivity contribution in [1.29, 1.82) is 0 Å². The summed E-state index contributed by atoms with van der Waals surface area (Å²) >= 11 is 0. The van der Waals surface area contributed by atoms with E-state index in [1.807, 2.05) is 0 Å². The van der Waals surface area contributed by atoms with E-state index in [4.69, 9.17) is 4.74 Å². The molecule has 0 radical (unpaired) electrons. The highest BCUT2D eigenvalue weighted by molar-refractivity contribution is 5.29. The van der Waals surface area contributed by atoms with Gasteiger partial charge >= 0.3 is 0 Å². The van der Waals surface area contributed by atoms with E-state index in [1.165, 1.54) is 37.7 Å². The SMILES string of the molecule is OC(c1ccc(C2CC2)cc1)C1CCOC2(CCC2)C1. The van der Waals surface area contributed by atoms with Gasteiger partial charge < -0.3 is 9.84 Å². The topological polar surface area (TPSA) is 29.5 Å². The lowest BCUT2D eigenvalue weighted by Crippen LogP contribution is -2.46. The monoisotopic (exact) mass is 272 g/mol. The summed E-state index contributed by atoms with van der Waals surface area (Å²) < 4.78 is 5.97. The Morgan fingerprint density at radius 2 is 1.85 bits per heavy atom. The van der Waals surface area contributed by atoms with E-state index in [-0.39, 0.29) is 11.7 Å². The summed E-state index contributed by atoms with van der Waals surface area (Å²) in [6.07, 6.45) is 8.07. The average molecular weight is 272 g/mol. The molecule has 2 saturated carbocycles. The summed E-state index contributed by atoms with van der Waals surface area (Å²) in [4.78, 5) is 0. The third-order valence-corrected chi connectivity index (χ3v) is 5.57. The highest BCUT2D eigenvalue weighted by Gasteiger charge is 2.44. The summed E-state index contributed by atoms with van der Waals surface area (Å²) in [7, 11) is 0. The molecule has 2 heteroatoms. The normalized spacial score (nSPS) is 29.9. The van der Waals surface area contributed by atoms with Gasteiger partial charge in [0.25, 0.3) is 0 Å². The lowest BCUT2D eigenvalue weighted by atomic mass is 9.70. The summed E-state index contributed by atoms with van der Waals surface area (Å²) in [6, 6.07) is 8.71. The highest BCUT2D eigenvalue weighted by atomic mass is 16.5. The van der Waals surface area contributed by atoms with Gasteiger partial charge in [-0.2, -0.15) is 0 Å². The molecule has 1 saturated heterocycles. The van der Waals surface area contributed by atoms with Crippen molar-refractivity contribution < 1.29 is 9.84 Å². The lowest BCUT2D eigenvalue weighted by Gasteiger charge is -2.48. The average Bonchev–Trinajstić information content (AvgIpc) is 3.30. The summed E-state index contributed by atoms with van der Waals surface area (Å²) in [6.45, 7) is 0.821. The van der Waals surface area contributed by atoms with Crippen molar-refractivity contribution in [2.45, 2.75) is 62.6 Å². The fraction of sp³-hybridized carbons (Fsp3) is 0.667. The van der Waals surface area contributed by atoms with E-state index in [1.54, 1.807) is 0 Å². The molecule has 0 aromatic heterocycles. The fourth-order valence-electron chi connectivity index (χ4n) is 3.91. The molecule has 2 nitrogen and oxygen atoms in total. The van der Waals surface area contributed by atoms with Gasteiger partial charge in [-0.1, -0.05) is 24.3 Å². The van der Waals surface area contributed by atoms with Crippen molar-refractivity contribution in [3.63, 3.8) is 0 Å². The van der Waals surface area contributed by atoms with E-state index >= 15 is 0 Å². The van der Waals surface area contributed by atoms with Crippen molar-refractivity contribution in [2.24, 2.45) is 5.92 Å². The molecule has 2 aliphatic carbocycles. The third-order valence-electron chi connectivity index (χ3n) is 5.57. The number of rotatable bonds is 3. The van der Waals surface area contributed by atoms with Gasteiger partial charge in [-0.05, 0) is 67.9 Å². The molecule has 2 unspecified atom stereocenters. The quantitative estimate of drug-likeness (QED) is 0.903. The first-order chi connectivity index (χ1) is 9.76. The Morgan fingerprint density at radius 3 is 2.45 bits per heavy atom. The van der Waals surface area contributed by atoms with Crippen LogP contribution in [-0.4, -0.2) is 17.3 Å². The predicted molar refractivity (Wildman–Crippen MR) is 78.6 cm³/mol. The second kappa shape index (κ2) is 4.85. The second-order valence-electron chi connectivity index (χ2n) is 7.02. The Morgan fingerprint density at radius 1 is 1.10 bits per heavy atom. The molecule has 1 aromatic rings. The molecule has 0 bridgehead atoms. The molecule has 20 heavy (non-hydrogen) atoms. The Kier molecular flexibility index (Phi) is 3.12. The maximum Gasteiger partial charge on any atom is 0.0820 e. The molecule has 4 rings (SSSR count). The van der Waals surface area contributed by atoms with Crippen LogP contribution in [0.25, 0.3) is 0 Å². The molecule has 1 aromatic carbocycles. The van der Waals surface area contributed by atoms with Crippen LogP contribution in [0.3, 0.4) is 0 Å². The van der Waals surface area contributed by atoms with Gasteiger partial charge in [0.2, 0.25) is 0 Å². The van der Waals surface area contributed by atoms with Gasteiger partial charge in [0, 0.05) is 6.61 Å². The Hall–Kier alpha value is -0.860. The smallest absolute Gasteiger partial charge is 0.0820 e. The summed E-state index contributed by atoms with van der Waals surface area (Å²) in [5.74, 6) is 1.17. The first-order valence-corrected chi connectivity index (χ1v) is 8.18. The Bertz CT molecular complexity index is 471. The zero-order chi connectivity index (χ0) is 13.6. The van der Waals surface area contributed by atoms with Crippen LogP contribution < -0.4 is 0 Å². The molecule has 2 atom stereocenters. The lowest BCUT2D eigenvalue weighted by molar-refractivity contribution is -0.157. The Balaban J connectivity index is 1.46. The number of hydrogen-bond acceptors (Lipinski definition) is 2. The predicted octanol–water partition coefficient (Wildman–Crippen LogP) is 3.95. The van der Waals surface area contributed by atoms with Gasteiger partial charge in [-0.15, -0.1) is 0 Å². The van der Waals surface area contributed by atoms with Crippen LogP contribution in [0.4, 0.5) is 0 Å². The number of aliphatic hydroxyl groups excluding tert-OH is 1. The van der Waals surface area contributed by atoms with Crippen molar-refractivity contribution in [2.75, 3.05) is 6.61 Å². The number of hydrogen-bond donors (Lipinski definition) is 1. The molecular weight excluding hydrogens is 248 g/mol. The summed E-state index contributed by atoms with van der Waals surface area (Å²) in [5.41, 5.74) is 2.66. The maximum atomic E-state index is 10.7. The molecule has 1 N–H and O–H groups in total. The van der Waals surface area contributed by atoms with Crippen LogP contribution in [0.5, 0.6) is 0 Å². The molecule has 108 valence electrons. The highest BCUT2D eigenvalue weighted by Crippen LogP contribution is 2.47. The molecular formula is C18H24O2. The van der Waals surface area contributed by atoms with Crippen LogP contribution in [0.1, 0.15) is 68.1 Å². The van der Waals surface area contributed by atoms with E-state index in [0.29, 0.717) is 5.92 Å². The van der Waals surface area contributed by atoms with Crippen molar-refractivity contribution >= 4 is 0 Å². The molecule has 1 aliphatic heterocycles. The molecule has 3 aliphatic rings. The fourth-order valence-corrected chi connectivity index (χ4v) is 3.91. The first-order valence-electron chi connectivity index (χ1n) is 8.18. The van der Waals surface area contributed by atoms with Crippen molar-refractivity contribution in [1.82, 2.24) is 0 Å². The van der Waals surface area contributed by atoms with E-state index < -0.39 is 0 Å². The second-order valence-corrected chi connectivity index (χ2v) is 7.02. The van der Waals surface area contributed by atoms with Crippen molar-refractivity contribution in [3.05, 3.63) is 35.4 Å². The van der Waals surface area contributed by atoms with Gasteiger partial charge in [0.15, 0.2) is 0 Å². The maximum absolute atomic E-state index is 10.7. The Labute approximate surface area is 121 Å². The van der Waals surface area contributed by atoms with Crippen LogP contribution in [-0.2, 0) is 4.74 Å². The minimum absolute atomic E-state index is 0.123. The molecule has 3 fully saturated rings. The number of aliphatic hydroxyl groups is 1. The molecule has 1 spiro atoms. The van der Waals surface area contributed by atoms with Gasteiger partial charge in [-0.25, -0.2) is 0 Å². The first kappa shape index (κ1) is 12.8.